The average Bonchev–Trinajstić information content (AvgIpc) is 2.28. The van der Waals surface area contributed by atoms with Crippen LogP contribution in [0.15, 0.2) is 0 Å². The minimum atomic E-state index is 0.232. The van der Waals surface area contributed by atoms with Crippen molar-refractivity contribution in [2.24, 2.45) is 0 Å². The summed E-state index contributed by atoms with van der Waals surface area (Å²) in [5.41, 5.74) is 2.11. The van der Waals surface area contributed by atoms with Crippen molar-refractivity contribution in [3.63, 3.8) is 0 Å². The molecule has 0 saturated carbocycles. The first-order valence-corrected chi connectivity index (χ1v) is 6.74. The van der Waals surface area contributed by atoms with Gasteiger partial charge in [0.15, 0.2) is 0 Å². The lowest BCUT2D eigenvalue weighted by Gasteiger charge is -2.17. The van der Waals surface area contributed by atoms with Gasteiger partial charge in [0, 0.05) is 11.6 Å². The highest BCUT2D eigenvalue weighted by Crippen LogP contribution is 2.22. The quantitative estimate of drug-likeness (QED) is 0.625. The maximum atomic E-state index is 6.16. The summed E-state index contributed by atoms with van der Waals surface area (Å²) in [7, 11) is 0. The molecule has 0 bridgehead atoms. The van der Waals surface area contributed by atoms with Crippen LogP contribution in [-0.4, -0.2) is 16.5 Å². The van der Waals surface area contributed by atoms with Gasteiger partial charge in [0.2, 0.25) is 0 Å². The normalized spacial score (nSPS) is 12.8. The summed E-state index contributed by atoms with van der Waals surface area (Å²) in [5, 5.41) is 4.08. The molecule has 0 spiro atoms. The average molecular weight is 256 g/mol. The van der Waals surface area contributed by atoms with Gasteiger partial charge in [-0.2, -0.15) is 0 Å². The summed E-state index contributed by atoms with van der Waals surface area (Å²) in [5.74, 6) is 0.742. The van der Waals surface area contributed by atoms with Crippen molar-refractivity contribution >= 4 is 11.6 Å². The maximum absolute atomic E-state index is 6.16. The molecule has 1 heterocycles. The lowest BCUT2D eigenvalue weighted by atomic mass is 10.1. The SMILES string of the molecule is CCCCNC(C)c1nc(C)nc(Cl)c1CC. The number of nitrogens with zero attached hydrogens (tertiary/aromatic N) is 2. The van der Waals surface area contributed by atoms with Crippen LogP contribution in [0.25, 0.3) is 0 Å². The Bertz CT molecular complexity index is 366. The Hall–Kier alpha value is -0.670. The molecule has 0 aliphatic rings. The largest absolute Gasteiger partial charge is 0.309 e. The molecule has 1 aromatic rings. The first-order valence-electron chi connectivity index (χ1n) is 6.36. The first kappa shape index (κ1) is 14.4. The van der Waals surface area contributed by atoms with E-state index in [0.717, 1.165) is 30.0 Å². The van der Waals surface area contributed by atoms with Gasteiger partial charge in [-0.3, -0.25) is 0 Å². The van der Waals surface area contributed by atoms with Gasteiger partial charge >= 0.3 is 0 Å². The lowest BCUT2D eigenvalue weighted by Crippen LogP contribution is -2.22. The second kappa shape index (κ2) is 6.92. The monoisotopic (exact) mass is 255 g/mol. The van der Waals surface area contributed by atoms with Gasteiger partial charge in [-0.15, -0.1) is 0 Å². The fraction of sp³-hybridized carbons (Fsp3) is 0.692. The van der Waals surface area contributed by atoms with E-state index in [1.807, 2.05) is 6.92 Å². The van der Waals surface area contributed by atoms with E-state index in [9.17, 15) is 0 Å². The molecule has 17 heavy (non-hydrogen) atoms. The predicted octanol–water partition coefficient (Wildman–Crippen LogP) is 3.45. The van der Waals surface area contributed by atoms with Gasteiger partial charge in [0.1, 0.15) is 11.0 Å². The van der Waals surface area contributed by atoms with Crippen molar-refractivity contribution < 1.29 is 0 Å². The molecular weight excluding hydrogens is 234 g/mol. The van der Waals surface area contributed by atoms with E-state index in [4.69, 9.17) is 11.6 Å². The number of rotatable bonds is 6. The van der Waals surface area contributed by atoms with Crippen LogP contribution in [0.2, 0.25) is 5.15 Å². The number of halogens is 1. The molecule has 96 valence electrons. The van der Waals surface area contributed by atoms with Crippen LogP contribution in [0, 0.1) is 6.92 Å². The van der Waals surface area contributed by atoms with Crippen molar-refractivity contribution in [2.45, 2.75) is 53.0 Å². The molecule has 0 amide bonds. The summed E-state index contributed by atoms with van der Waals surface area (Å²) in [6, 6.07) is 0.232. The fourth-order valence-corrected chi connectivity index (χ4v) is 2.21. The fourth-order valence-electron chi connectivity index (χ4n) is 1.86. The molecule has 1 atom stereocenters. The van der Waals surface area contributed by atoms with E-state index in [-0.39, 0.29) is 6.04 Å². The Balaban J connectivity index is 2.87. The molecule has 0 aromatic carbocycles. The zero-order valence-corrected chi connectivity index (χ0v) is 11.9. The zero-order chi connectivity index (χ0) is 12.8. The Morgan fingerprint density at radius 2 is 2.00 bits per heavy atom. The number of hydrogen-bond acceptors (Lipinski definition) is 3. The second-order valence-electron chi connectivity index (χ2n) is 4.31. The van der Waals surface area contributed by atoms with Crippen LogP contribution in [0.4, 0.5) is 0 Å². The predicted molar refractivity (Wildman–Crippen MR) is 72.5 cm³/mol. The molecule has 3 nitrogen and oxygen atoms in total. The summed E-state index contributed by atoms with van der Waals surface area (Å²) in [6.07, 6.45) is 3.25. The second-order valence-corrected chi connectivity index (χ2v) is 4.67. The number of aryl methyl sites for hydroxylation is 1. The van der Waals surface area contributed by atoms with Gasteiger partial charge in [-0.1, -0.05) is 31.9 Å². The maximum Gasteiger partial charge on any atom is 0.136 e. The van der Waals surface area contributed by atoms with Crippen LogP contribution >= 0.6 is 11.6 Å². The molecule has 0 saturated heterocycles. The summed E-state index contributed by atoms with van der Waals surface area (Å²) in [6.45, 7) is 9.31. The summed E-state index contributed by atoms with van der Waals surface area (Å²) >= 11 is 6.16. The highest BCUT2D eigenvalue weighted by atomic mass is 35.5. The third-order valence-electron chi connectivity index (χ3n) is 2.84. The Labute approximate surface area is 109 Å². The summed E-state index contributed by atoms with van der Waals surface area (Å²) < 4.78 is 0. The third kappa shape index (κ3) is 3.93. The topological polar surface area (TPSA) is 37.8 Å². The van der Waals surface area contributed by atoms with Crippen molar-refractivity contribution in [3.8, 4) is 0 Å². The standard InChI is InChI=1S/C13H22ClN3/c1-5-7-8-15-9(3)12-11(6-2)13(14)17-10(4)16-12/h9,15H,5-8H2,1-4H3. The first-order chi connectivity index (χ1) is 8.10. The minimum absolute atomic E-state index is 0.232. The smallest absolute Gasteiger partial charge is 0.136 e. The molecule has 0 radical (unpaired) electrons. The molecule has 0 aliphatic heterocycles. The van der Waals surface area contributed by atoms with E-state index in [2.05, 4.69) is 36.1 Å². The Morgan fingerprint density at radius 3 is 2.59 bits per heavy atom. The molecule has 1 unspecified atom stereocenters. The Morgan fingerprint density at radius 1 is 1.29 bits per heavy atom. The van der Waals surface area contributed by atoms with Gasteiger partial charge < -0.3 is 5.32 Å². The lowest BCUT2D eigenvalue weighted by molar-refractivity contribution is 0.537. The molecule has 4 heteroatoms. The van der Waals surface area contributed by atoms with Crippen molar-refractivity contribution in [3.05, 3.63) is 22.2 Å². The van der Waals surface area contributed by atoms with E-state index in [1.165, 1.54) is 12.8 Å². The number of aromatic nitrogens is 2. The van der Waals surface area contributed by atoms with Crippen LogP contribution in [-0.2, 0) is 6.42 Å². The van der Waals surface area contributed by atoms with E-state index >= 15 is 0 Å². The Kier molecular flexibility index (Phi) is 5.86. The molecule has 0 fully saturated rings. The van der Waals surface area contributed by atoms with Crippen molar-refractivity contribution in [1.29, 1.82) is 0 Å². The van der Waals surface area contributed by atoms with Crippen LogP contribution in [0.3, 0.4) is 0 Å². The number of unbranched alkanes of at least 4 members (excludes halogenated alkanes) is 1. The number of nitrogens with one attached hydrogen (secondary N) is 1. The van der Waals surface area contributed by atoms with Gasteiger partial charge in [0.25, 0.3) is 0 Å². The van der Waals surface area contributed by atoms with Gasteiger partial charge in [-0.25, -0.2) is 9.97 Å². The van der Waals surface area contributed by atoms with E-state index < -0.39 is 0 Å². The van der Waals surface area contributed by atoms with Gasteiger partial charge in [-0.05, 0) is 33.2 Å². The van der Waals surface area contributed by atoms with E-state index in [0.29, 0.717) is 5.15 Å². The van der Waals surface area contributed by atoms with E-state index in [1.54, 1.807) is 0 Å². The highest BCUT2D eigenvalue weighted by molar-refractivity contribution is 6.30. The zero-order valence-electron chi connectivity index (χ0n) is 11.2. The molecule has 1 N–H and O–H groups in total. The van der Waals surface area contributed by atoms with Gasteiger partial charge in [0.05, 0.1) is 5.69 Å². The molecule has 1 rings (SSSR count). The third-order valence-corrected chi connectivity index (χ3v) is 3.16. The number of hydrogen-bond donors (Lipinski definition) is 1. The van der Waals surface area contributed by atoms with Crippen LogP contribution in [0.1, 0.15) is 56.7 Å². The van der Waals surface area contributed by atoms with Crippen LogP contribution < -0.4 is 5.32 Å². The molecule has 1 aromatic heterocycles. The molecule has 0 aliphatic carbocycles. The molecular formula is C13H22ClN3. The van der Waals surface area contributed by atoms with Crippen molar-refractivity contribution in [2.75, 3.05) is 6.54 Å². The van der Waals surface area contributed by atoms with Crippen molar-refractivity contribution in [1.82, 2.24) is 15.3 Å². The summed E-state index contributed by atoms with van der Waals surface area (Å²) in [4.78, 5) is 8.74. The minimum Gasteiger partial charge on any atom is -0.309 e. The van der Waals surface area contributed by atoms with Crippen LogP contribution in [0.5, 0.6) is 0 Å². The highest BCUT2D eigenvalue weighted by Gasteiger charge is 2.15.